The second-order valence-electron chi connectivity index (χ2n) is 5.78. The van der Waals surface area contributed by atoms with Crippen molar-refractivity contribution in [2.75, 3.05) is 5.32 Å². The fraction of sp³-hybridized carbons (Fsp3) is 0.471. The van der Waals surface area contributed by atoms with Crippen LogP contribution in [0, 0.1) is 10.1 Å². The van der Waals surface area contributed by atoms with Gasteiger partial charge in [-0.2, -0.15) is 0 Å². The van der Waals surface area contributed by atoms with Crippen molar-refractivity contribution in [3.63, 3.8) is 0 Å². The number of hydrogen-bond acceptors (Lipinski definition) is 6. The lowest BCUT2D eigenvalue weighted by atomic mass is 10.1. The fourth-order valence-corrected chi connectivity index (χ4v) is 3.14. The maximum Gasteiger partial charge on any atom is 0.269 e. The zero-order chi connectivity index (χ0) is 18.1. The predicted octanol–water partition coefficient (Wildman–Crippen LogP) is 4.60. The van der Waals surface area contributed by atoms with Crippen LogP contribution in [0.5, 0.6) is 0 Å². The van der Waals surface area contributed by atoms with Crippen LogP contribution in [-0.2, 0) is 6.42 Å². The highest BCUT2D eigenvalue weighted by atomic mass is 32.1. The molecule has 0 unspecified atom stereocenters. The highest BCUT2D eigenvalue weighted by Gasteiger charge is 2.12. The maximum absolute atomic E-state index is 12.1. The van der Waals surface area contributed by atoms with E-state index in [-0.39, 0.29) is 11.6 Å². The Morgan fingerprint density at radius 3 is 2.48 bits per heavy atom. The summed E-state index contributed by atoms with van der Waals surface area (Å²) in [5.41, 5.74) is 0.298. The Balaban J connectivity index is 1.79. The molecule has 0 atom stereocenters. The normalized spacial score (nSPS) is 10.6. The van der Waals surface area contributed by atoms with E-state index in [1.165, 1.54) is 67.7 Å². The van der Waals surface area contributed by atoms with Crippen LogP contribution in [0.3, 0.4) is 0 Å². The minimum atomic E-state index is -0.499. The van der Waals surface area contributed by atoms with Gasteiger partial charge in [0.2, 0.25) is 5.13 Å². The quantitative estimate of drug-likeness (QED) is 0.378. The molecule has 1 N–H and O–H groups in total. The Bertz CT molecular complexity index is 700. The smallest absolute Gasteiger partial charge is 0.269 e. The summed E-state index contributed by atoms with van der Waals surface area (Å²) in [5.74, 6) is -0.350. The van der Waals surface area contributed by atoms with E-state index >= 15 is 0 Å². The van der Waals surface area contributed by atoms with E-state index < -0.39 is 4.92 Å². The molecule has 7 nitrogen and oxygen atoms in total. The fourth-order valence-electron chi connectivity index (χ4n) is 2.37. The standard InChI is InChI=1S/C17H22N4O3S/c1-2-3-4-5-6-7-8-15-19-20-17(25-15)18-16(22)13-9-11-14(12-10-13)21(23)24/h9-12H,2-8H2,1H3,(H,18,20,22). The van der Waals surface area contributed by atoms with Crippen molar-refractivity contribution in [1.29, 1.82) is 0 Å². The van der Waals surface area contributed by atoms with Crippen molar-refractivity contribution in [3.8, 4) is 0 Å². The first-order chi connectivity index (χ1) is 12.1. The van der Waals surface area contributed by atoms with Crippen molar-refractivity contribution < 1.29 is 9.72 Å². The Hall–Kier alpha value is -2.35. The molecule has 0 bridgehead atoms. The Morgan fingerprint density at radius 1 is 1.12 bits per heavy atom. The van der Waals surface area contributed by atoms with Gasteiger partial charge in [-0.3, -0.25) is 20.2 Å². The van der Waals surface area contributed by atoms with Crippen molar-refractivity contribution >= 4 is 28.1 Å². The molecule has 0 spiro atoms. The van der Waals surface area contributed by atoms with Crippen LogP contribution >= 0.6 is 11.3 Å². The number of aromatic nitrogens is 2. The number of aryl methyl sites for hydroxylation is 1. The van der Waals surface area contributed by atoms with Crippen LogP contribution in [0.4, 0.5) is 10.8 Å². The second kappa shape index (κ2) is 9.83. The molecular weight excluding hydrogens is 340 g/mol. The first-order valence-electron chi connectivity index (χ1n) is 8.48. The number of nitrogens with zero attached hydrogens (tertiary/aromatic N) is 3. The molecule has 0 aliphatic heterocycles. The molecule has 1 aromatic heterocycles. The Morgan fingerprint density at radius 2 is 1.80 bits per heavy atom. The average Bonchev–Trinajstić information content (AvgIpc) is 3.05. The first-order valence-corrected chi connectivity index (χ1v) is 9.30. The summed E-state index contributed by atoms with van der Waals surface area (Å²) in [6.07, 6.45) is 8.20. The van der Waals surface area contributed by atoms with Gasteiger partial charge in [0.05, 0.1) is 4.92 Å². The number of nitro benzene ring substituents is 1. The monoisotopic (exact) mass is 362 g/mol. The number of anilines is 1. The lowest BCUT2D eigenvalue weighted by Gasteiger charge is -2.00. The largest absolute Gasteiger partial charge is 0.296 e. The van der Waals surface area contributed by atoms with Gasteiger partial charge in [-0.15, -0.1) is 10.2 Å². The zero-order valence-corrected chi connectivity index (χ0v) is 15.1. The third-order valence-corrected chi connectivity index (χ3v) is 4.67. The van der Waals surface area contributed by atoms with Gasteiger partial charge in [0.15, 0.2) is 0 Å². The van der Waals surface area contributed by atoms with Crippen molar-refractivity contribution in [2.45, 2.75) is 51.9 Å². The number of rotatable bonds is 10. The number of carbonyl (C=O) groups is 1. The number of unbranched alkanes of at least 4 members (excludes halogenated alkanes) is 5. The number of non-ortho nitro benzene ring substituents is 1. The number of carbonyl (C=O) groups excluding carboxylic acids is 1. The third-order valence-electron chi connectivity index (χ3n) is 3.77. The summed E-state index contributed by atoms with van der Waals surface area (Å²) in [7, 11) is 0. The SMILES string of the molecule is CCCCCCCCc1nnc(NC(=O)c2ccc([N+](=O)[O-])cc2)s1. The summed E-state index contributed by atoms with van der Waals surface area (Å²) < 4.78 is 0. The van der Waals surface area contributed by atoms with Gasteiger partial charge >= 0.3 is 0 Å². The molecule has 0 aliphatic carbocycles. The minimum absolute atomic E-state index is 0.0475. The van der Waals surface area contributed by atoms with Crippen LogP contribution in [-0.4, -0.2) is 21.0 Å². The highest BCUT2D eigenvalue weighted by Crippen LogP contribution is 2.19. The molecule has 0 aliphatic rings. The van der Waals surface area contributed by atoms with Crippen LogP contribution < -0.4 is 5.32 Å². The van der Waals surface area contributed by atoms with Gasteiger partial charge in [-0.05, 0) is 18.6 Å². The Labute approximate surface area is 150 Å². The number of benzene rings is 1. The molecule has 2 aromatic rings. The number of hydrogen-bond donors (Lipinski definition) is 1. The molecule has 8 heteroatoms. The van der Waals surface area contributed by atoms with E-state index in [9.17, 15) is 14.9 Å². The van der Waals surface area contributed by atoms with Crippen LogP contribution in [0.1, 0.15) is 60.8 Å². The van der Waals surface area contributed by atoms with Crippen LogP contribution in [0.25, 0.3) is 0 Å². The molecule has 0 saturated carbocycles. The second-order valence-corrected chi connectivity index (χ2v) is 6.84. The van der Waals surface area contributed by atoms with Gasteiger partial charge in [0.25, 0.3) is 11.6 Å². The maximum atomic E-state index is 12.1. The lowest BCUT2D eigenvalue weighted by molar-refractivity contribution is -0.384. The third kappa shape index (κ3) is 6.22. The van der Waals surface area contributed by atoms with Gasteiger partial charge in [0, 0.05) is 24.1 Å². The number of nitrogens with one attached hydrogen (secondary N) is 1. The highest BCUT2D eigenvalue weighted by molar-refractivity contribution is 7.15. The van der Waals surface area contributed by atoms with Crippen LogP contribution in [0.2, 0.25) is 0 Å². The summed E-state index contributed by atoms with van der Waals surface area (Å²) in [6.45, 7) is 2.20. The molecule has 0 fully saturated rings. The molecule has 0 saturated heterocycles. The van der Waals surface area contributed by atoms with E-state index in [1.54, 1.807) is 0 Å². The average molecular weight is 362 g/mol. The first kappa shape index (κ1) is 19.0. The summed E-state index contributed by atoms with van der Waals surface area (Å²) in [5, 5.41) is 22.7. The van der Waals surface area contributed by atoms with E-state index in [0.717, 1.165) is 17.8 Å². The van der Waals surface area contributed by atoms with Gasteiger partial charge in [-0.25, -0.2) is 0 Å². The van der Waals surface area contributed by atoms with E-state index in [1.807, 2.05) is 0 Å². The van der Waals surface area contributed by atoms with Crippen LogP contribution in [0.15, 0.2) is 24.3 Å². The minimum Gasteiger partial charge on any atom is -0.296 e. The van der Waals surface area contributed by atoms with Crippen molar-refractivity contribution in [3.05, 3.63) is 45.0 Å². The molecule has 1 heterocycles. The molecule has 1 aromatic carbocycles. The van der Waals surface area contributed by atoms with E-state index in [4.69, 9.17) is 0 Å². The van der Waals surface area contributed by atoms with Crippen molar-refractivity contribution in [2.24, 2.45) is 0 Å². The van der Waals surface area contributed by atoms with Gasteiger partial charge in [0.1, 0.15) is 5.01 Å². The van der Waals surface area contributed by atoms with Crippen molar-refractivity contribution in [1.82, 2.24) is 10.2 Å². The molecule has 2 rings (SSSR count). The number of amides is 1. The van der Waals surface area contributed by atoms with Gasteiger partial charge < -0.3 is 0 Å². The van der Waals surface area contributed by atoms with E-state index in [2.05, 4.69) is 22.4 Å². The van der Waals surface area contributed by atoms with Gasteiger partial charge in [-0.1, -0.05) is 50.4 Å². The summed E-state index contributed by atoms with van der Waals surface area (Å²) >= 11 is 1.37. The number of nitro groups is 1. The summed E-state index contributed by atoms with van der Waals surface area (Å²) in [6, 6.07) is 5.45. The van der Waals surface area contributed by atoms with E-state index in [0.29, 0.717) is 10.7 Å². The molecule has 0 radical (unpaired) electrons. The molecule has 134 valence electrons. The lowest BCUT2D eigenvalue weighted by Crippen LogP contribution is -2.11. The summed E-state index contributed by atoms with van der Waals surface area (Å²) in [4.78, 5) is 22.2. The molecule has 1 amide bonds. The topological polar surface area (TPSA) is 98.0 Å². The molecular formula is C17H22N4O3S. The predicted molar refractivity (Wildman–Crippen MR) is 98.0 cm³/mol. The zero-order valence-electron chi connectivity index (χ0n) is 14.2. The molecule has 25 heavy (non-hydrogen) atoms. The Kier molecular flexibility index (Phi) is 7.46.